The van der Waals surface area contributed by atoms with Crippen LogP contribution >= 0.6 is 11.3 Å². The van der Waals surface area contributed by atoms with Crippen LogP contribution < -0.4 is 0 Å². The zero-order valence-electron chi connectivity index (χ0n) is 13.3. The van der Waals surface area contributed by atoms with Crippen LogP contribution in [-0.4, -0.2) is 42.1 Å². The van der Waals surface area contributed by atoms with Crippen molar-refractivity contribution in [3.05, 3.63) is 57.8 Å². The smallest absolute Gasteiger partial charge is 0.308 e. The van der Waals surface area contributed by atoms with Gasteiger partial charge in [0.15, 0.2) is 0 Å². The molecular formula is C18H19NO4S. The number of hydrogen-bond acceptors (Lipinski definition) is 4. The van der Waals surface area contributed by atoms with Gasteiger partial charge in [0.2, 0.25) is 0 Å². The number of rotatable bonds is 5. The third-order valence-corrected chi connectivity index (χ3v) is 5.34. The van der Waals surface area contributed by atoms with Crippen molar-refractivity contribution in [3.63, 3.8) is 0 Å². The molecule has 0 saturated carbocycles. The number of likely N-dealkylation sites (tertiary alicyclic amines) is 1. The van der Waals surface area contributed by atoms with Gasteiger partial charge in [-0.15, -0.1) is 11.3 Å². The molecule has 2 atom stereocenters. The Morgan fingerprint density at radius 2 is 2.00 bits per heavy atom. The van der Waals surface area contributed by atoms with E-state index in [1.165, 1.54) is 11.3 Å². The fraction of sp³-hybridized carbons (Fsp3) is 0.333. The van der Waals surface area contributed by atoms with Gasteiger partial charge < -0.3 is 14.7 Å². The van der Waals surface area contributed by atoms with Crippen LogP contribution in [0.3, 0.4) is 0 Å². The first-order chi connectivity index (χ1) is 11.6. The average molecular weight is 345 g/mol. The SMILES string of the molecule is COCc1ccsc1C(=O)N1C[C@@H](C(=O)O)[C@H](c2ccccc2)C1. The number of carbonyl (C=O) groups is 2. The van der Waals surface area contributed by atoms with E-state index in [0.717, 1.165) is 11.1 Å². The van der Waals surface area contributed by atoms with Crippen molar-refractivity contribution < 1.29 is 19.4 Å². The number of benzene rings is 1. The van der Waals surface area contributed by atoms with E-state index >= 15 is 0 Å². The normalized spacial score (nSPS) is 20.3. The van der Waals surface area contributed by atoms with Crippen molar-refractivity contribution >= 4 is 23.2 Å². The highest BCUT2D eigenvalue weighted by Crippen LogP contribution is 2.34. The van der Waals surface area contributed by atoms with Crippen LogP contribution in [0.2, 0.25) is 0 Å². The van der Waals surface area contributed by atoms with Crippen LogP contribution in [0.4, 0.5) is 0 Å². The Morgan fingerprint density at radius 1 is 1.25 bits per heavy atom. The third-order valence-electron chi connectivity index (χ3n) is 4.39. The Labute approximate surface area is 144 Å². The second-order valence-corrected chi connectivity index (χ2v) is 6.80. The lowest BCUT2D eigenvalue weighted by Crippen LogP contribution is -2.30. The predicted molar refractivity (Wildman–Crippen MR) is 91.2 cm³/mol. The summed E-state index contributed by atoms with van der Waals surface area (Å²) in [7, 11) is 1.59. The molecule has 2 heterocycles. The zero-order chi connectivity index (χ0) is 17.1. The van der Waals surface area contributed by atoms with Gasteiger partial charge in [0, 0.05) is 31.7 Å². The second-order valence-electron chi connectivity index (χ2n) is 5.88. The van der Waals surface area contributed by atoms with Gasteiger partial charge >= 0.3 is 5.97 Å². The van der Waals surface area contributed by atoms with Gasteiger partial charge in [-0.3, -0.25) is 9.59 Å². The monoisotopic (exact) mass is 345 g/mol. The number of carbonyl (C=O) groups excluding carboxylic acids is 1. The number of thiophene rings is 1. The number of methoxy groups -OCH3 is 1. The molecule has 1 aromatic carbocycles. The van der Waals surface area contributed by atoms with Crippen molar-refractivity contribution in [3.8, 4) is 0 Å². The molecule has 0 radical (unpaired) electrons. The van der Waals surface area contributed by atoms with Crippen LogP contribution in [0, 0.1) is 5.92 Å². The van der Waals surface area contributed by atoms with Crippen LogP contribution in [0.5, 0.6) is 0 Å². The van der Waals surface area contributed by atoms with Gasteiger partial charge in [-0.2, -0.15) is 0 Å². The summed E-state index contributed by atoms with van der Waals surface area (Å²) in [6.07, 6.45) is 0. The van der Waals surface area contributed by atoms with E-state index in [4.69, 9.17) is 4.74 Å². The first-order valence-corrected chi connectivity index (χ1v) is 8.62. The number of aliphatic carboxylic acids is 1. The second kappa shape index (κ2) is 7.15. The highest BCUT2D eigenvalue weighted by Gasteiger charge is 2.41. The summed E-state index contributed by atoms with van der Waals surface area (Å²) in [4.78, 5) is 26.8. The van der Waals surface area contributed by atoms with E-state index in [0.29, 0.717) is 18.0 Å². The Hall–Kier alpha value is -2.18. The molecule has 6 heteroatoms. The topological polar surface area (TPSA) is 66.8 Å². The number of carboxylic acid groups (broad SMARTS) is 1. The third kappa shape index (κ3) is 3.20. The van der Waals surface area contributed by atoms with E-state index in [9.17, 15) is 14.7 Å². The van der Waals surface area contributed by atoms with Crippen LogP contribution in [0.25, 0.3) is 0 Å². The Morgan fingerprint density at radius 3 is 2.67 bits per heavy atom. The first-order valence-electron chi connectivity index (χ1n) is 7.74. The Bertz CT molecular complexity index is 728. The highest BCUT2D eigenvalue weighted by atomic mass is 32.1. The molecule has 24 heavy (non-hydrogen) atoms. The van der Waals surface area contributed by atoms with Crippen LogP contribution in [0.15, 0.2) is 41.8 Å². The molecule has 1 aliphatic heterocycles. The van der Waals surface area contributed by atoms with Gasteiger partial charge in [0.05, 0.1) is 17.4 Å². The van der Waals surface area contributed by atoms with E-state index in [1.807, 2.05) is 41.8 Å². The summed E-state index contributed by atoms with van der Waals surface area (Å²) in [5.74, 6) is -1.73. The van der Waals surface area contributed by atoms with E-state index < -0.39 is 11.9 Å². The molecule has 2 aromatic rings. The number of carboxylic acids is 1. The van der Waals surface area contributed by atoms with Crippen molar-refractivity contribution in [2.45, 2.75) is 12.5 Å². The summed E-state index contributed by atoms with van der Waals surface area (Å²) >= 11 is 1.37. The lowest BCUT2D eigenvalue weighted by atomic mass is 9.89. The fourth-order valence-corrected chi connectivity index (χ4v) is 4.07. The summed E-state index contributed by atoms with van der Waals surface area (Å²) in [5.41, 5.74) is 1.81. The van der Waals surface area contributed by atoms with Crippen LogP contribution in [-0.2, 0) is 16.1 Å². The number of ether oxygens (including phenoxy) is 1. The highest BCUT2D eigenvalue weighted by molar-refractivity contribution is 7.12. The van der Waals surface area contributed by atoms with E-state index in [2.05, 4.69) is 0 Å². The summed E-state index contributed by atoms with van der Waals surface area (Å²) in [6, 6.07) is 11.4. The summed E-state index contributed by atoms with van der Waals surface area (Å²) in [5, 5.41) is 11.4. The maximum Gasteiger partial charge on any atom is 0.308 e. The van der Waals surface area contributed by atoms with Gasteiger partial charge in [0.1, 0.15) is 0 Å². The molecule has 1 aromatic heterocycles. The molecule has 5 nitrogen and oxygen atoms in total. The number of hydrogen-bond donors (Lipinski definition) is 1. The standard InChI is InChI=1S/C18H19NO4S/c1-23-11-13-7-8-24-16(13)17(20)19-9-14(15(10-19)18(21)22)12-5-3-2-4-6-12/h2-8,14-15H,9-11H2,1H3,(H,21,22)/t14-,15+/m0/s1. The lowest BCUT2D eigenvalue weighted by molar-refractivity contribution is -0.141. The molecular weight excluding hydrogens is 326 g/mol. The summed E-state index contributed by atoms with van der Waals surface area (Å²) in [6.45, 7) is 1.03. The Balaban J connectivity index is 1.84. The van der Waals surface area contributed by atoms with Gasteiger partial charge in [-0.1, -0.05) is 30.3 Å². The van der Waals surface area contributed by atoms with Gasteiger partial charge in [-0.25, -0.2) is 0 Å². The largest absolute Gasteiger partial charge is 0.481 e. The molecule has 1 fully saturated rings. The minimum Gasteiger partial charge on any atom is -0.481 e. The number of amides is 1. The molecule has 126 valence electrons. The van der Waals surface area contributed by atoms with Crippen LogP contribution in [0.1, 0.15) is 26.7 Å². The Kier molecular flexibility index (Phi) is 4.97. The molecule has 3 rings (SSSR count). The molecule has 1 aliphatic rings. The van der Waals surface area contributed by atoms with Gasteiger partial charge in [-0.05, 0) is 17.0 Å². The fourth-order valence-electron chi connectivity index (χ4n) is 3.19. The molecule has 0 bridgehead atoms. The molecule has 0 aliphatic carbocycles. The van der Waals surface area contributed by atoms with Gasteiger partial charge in [0.25, 0.3) is 5.91 Å². The van der Waals surface area contributed by atoms with E-state index in [1.54, 1.807) is 12.0 Å². The number of nitrogens with zero attached hydrogens (tertiary/aromatic N) is 1. The minimum absolute atomic E-state index is 0.110. The molecule has 1 N–H and O–H groups in total. The predicted octanol–water partition coefficient (Wildman–Crippen LogP) is 2.83. The van der Waals surface area contributed by atoms with Crippen molar-refractivity contribution in [2.75, 3.05) is 20.2 Å². The summed E-state index contributed by atoms with van der Waals surface area (Å²) < 4.78 is 5.13. The first kappa shape index (κ1) is 16.7. The molecule has 0 unspecified atom stereocenters. The van der Waals surface area contributed by atoms with Crippen molar-refractivity contribution in [2.24, 2.45) is 5.92 Å². The van der Waals surface area contributed by atoms with Crippen molar-refractivity contribution in [1.82, 2.24) is 4.90 Å². The van der Waals surface area contributed by atoms with E-state index in [-0.39, 0.29) is 18.4 Å². The quantitative estimate of drug-likeness (QED) is 0.905. The lowest BCUT2D eigenvalue weighted by Gasteiger charge is -2.16. The molecule has 1 saturated heterocycles. The zero-order valence-corrected chi connectivity index (χ0v) is 14.2. The minimum atomic E-state index is -0.859. The van der Waals surface area contributed by atoms with Crippen molar-refractivity contribution in [1.29, 1.82) is 0 Å². The molecule has 1 amide bonds. The maximum absolute atomic E-state index is 12.8. The molecule has 0 spiro atoms. The maximum atomic E-state index is 12.8. The average Bonchev–Trinajstić information content (AvgIpc) is 3.22.